The predicted octanol–water partition coefficient (Wildman–Crippen LogP) is 1.67. The van der Waals surface area contributed by atoms with E-state index in [2.05, 4.69) is 26.2 Å². The van der Waals surface area contributed by atoms with Crippen LogP contribution in [0.5, 0.6) is 0 Å². The van der Waals surface area contributed by atoms with E-state index in [0.29, 0.717) is 16.8 Å². The number of nitrogens with zero attached hydrogens (tertiary/aromatic N) is 2. The highest BCUT2D eigenvalue weighted by molar-refractivity contribution is 9.10. The molecule has 0 fully saturated rings. The molecule has 0 aliphatic heterocycles. The van der Waals surface area contributed by atoms with Crippen LogP contribution in [0, 0.1) is 0 Å². The lowest BCUT2D eigenvalue weighted by Crippen LogP contribution is -2.35. The lowest BCUT2D eigenvalue weighted by Gasteiger charge is -2.22. The minimum atomic E-state index is -3.68. The Morgan fingerprint density at radius 2 is 2.15 bits per heavy atom. The number of halogens is 1. The van der Waals surface area contributed by atoms with Crippen LogP contribution in [0.25, 0.3) is 0 Å². The molecule has 0 saturated carbocycles. The summed E-state index contributed by atoms with van der Waals surface area (Å²) in [6.07, 6.45) is 3.16. The van der Waals surface area contributed by atoms with Crippen LogP contribution in [0.15, 0.2) is 21.6 Å². The molecule has 0 spiro atoms. The minimum Gasteiger partial charge on any atom is -0.395 e. The highest BCUT2D eigenvalue weighted by Gasteiger charge is 2.27. The van der Waals surface area contributed by atoms with Crippen LogP contribution in [0.1, 0.15) is 19.8 Å². The molecular weight excluding hydrogens is 346 g/mol. The number of aliphatic hydroxyl groups is 1. The molecule has 0 atom stereocenters. The molecule has 1 aromatic heterocycles. The van der Waals surface area contributed by atoms with Crippen LogP contribution in [0.4, 0.5) is 5.82 Å². The Morgan fingerprint density at radius 1 is 1.45 bits per heavy atom. The molecule has 1 heterocycles. The molecule has 0 amide bonds. The second-order valence-electron chi connectivity index (χ2n) is 4.23. The van der Waals surface area contributed by atoms with E-state index < -0.39 is 10.0 Å². The largest absolute Gasteiger partial charge is 0.395 e. The number of aliphatic hydroxyl groups excluding tert-OH is 1. The highest BCUT2D eigenvalue weighted by Crippen LogP contribution is 2.25. The van der Waals surface area contributed by atoms with Crippen molar-refractivity contribution >= 4 is 31.8 Å². The van der Waals surface area contributed by atoms with Gasteiger partial charge in [0.2, 0.25) is 10.0 Å². The molecule has 1 rings (SSSR count). The van der Waals surface area contributed by atoms with Crippen LogP contribution in [-0.2, 0) is 10.0 Å². The van der Waals surface area contributed by atoms with Crippen LogP contribution < -0.4 is 5.32 Å². The van der Waals surface area contributed by atoms with Crippen molar-refractivity contribution < 1.29 is 13.5 Å². The third-order valence-corrected chi connectivity index (χ3v) is 5.13. The molecule has 0 unspecified atom stereocenters. The molecule has 0 aromatic carbocycles. The summed E-state index contributed by atoms with van der Waals surface area (Å²) in [5.41, 5.74) is 0. The zero-order valence-corrected chi connectivity index (χ0v) is 14.0. The molecule has 20 heavy (non-hydrogen) atoms. The number of pyridine rings is 1. The first kappa shape index (κ1) is 17.4. The number of sulfonamides is 1. The standard InChI is InChI=1S/C12H20BrN3O3S/c1-3-4-5-16(6-7-17)20(18,19)11-8-10(13)9-15-12(11)14-2/h8-9,17H,3-7H2,1-2H3,(H,14,15). The minimum absolute atomic E-state index is 0.0814. The molecule has 0 aliphatic carbocycles. The summed E-state index contributed by atoms with van der Waals surface area (Å²) >= 11 is 3.24. The summed E-state index contributed by atoms with van der Waals surface area (Å²) in [7, 11) is -2.06. The van der Waals surface area contributed by atoms with Crippen molar-refractivity contribution in [3.8, 4) is 0 Å². The predicted molar refractivity (Wildman–Crippen MR) is 82.2 cm³/mol. The maximum Gasteiger partial charge on any atom is 0.246 e. The van der Waals surface area contributed by atoms with Gasteiger partial charge in [0.15, 0.2) is 0 Å². The number of unbranched alkanes of at least 4 members (excludes halogenated alkanes) is 1. The van der Waals surface area contributed by atoms with Crippen LogP contribution >= 0.6 is 15.9 Å². The van der Waals surface area contributed by atoms with Crippen molar-refractivity contribution in [2.45, 2.75) is 24.7 Å². The highest BCUT2D eigenvalue weighted by atomic mass is 79.9. The van der Waals surface area contributed by atoms with Gasteiger partial charge in [-0.1, -0.05) is 13.3 Å². The zero-order chi connectivity index (χ0) is 15.2. The molecule has 0 radical (unpaired) electrons. The monoisotopic (exact) mass is 365 g/mol. The molecule has 0 saturated heterocycles. The summed E-state index contributed by atoms with van der Waals surface area (Å²) in [4.78, 5) is 4.17. The number of nitrogens with one attached hydrogen (secondary N) is 1. The van der Waals surface area contributed by atoms with E-state index in [-0.39, 0.29) is 18.0 Å². The smallest absolute Gasteiger partial charge is 0.246 e. The van der Waals surface area contributed by atoms with E-state index in [0.717, 1.165) is 12.8 Å². The molecule has 0 bridgehead atoms. The quantitative estimate of drug-likeness (QED) is 0.731. The summed E-state index contributed by atoms with van der Waals surface area (Å²) < 4.78 is 27.2. The third kappa shape index (κ3) is 4.15. The molecule has 6 nitrogen and oxygen atoms in total. The molecule has 8 heteroatoms. The summed E-state index contributed by atoms with van der Waals surface area (Å²) in [6.45, 7) is 2.25. The fourth-order valence-electron chi connectivity index (χ4n) is 1.74. The molecule has 2 N–H and O–H groups in total. The molecular formula is C12H20BrN3O3S. The van der Waals surface area contributed by atoms with Gasteiger partial charge in [-0.15, -0.1) is 0 Å². The van der Waals surface area contributed by atoms with Gasteiger partial charge in [-0.2, -0.15) is 4.31 Å². The maximum atomic E-state index is 12.7. The molecule has 1 aromatic rings. The van der Waals surface area contributed by atoms with Crippen molar-refractivity contribution in [2.75, 3.05) is 32.1 Å². The van der Waals surface area contributed by atoms with Gasteiger partial charge in [-0.05, 0) is 28.4 Å². The fourth-order valence-corrected chi connectivity index (χ4v) is 3.87. The number of hydrogen-bond donors (Lipinski definition) is 2. The Kier molecular flexibility index (Phi) is 6.87. The molecule has 0 aliphatic rings. The van der Waals surface area contributed by atoms with Crippen LogP contribution in [-0.4, -0.2) is 49.6 Å². The van der Waals surface area contributed by atoms with Crippen molar-refractivity contribution in [3.05, 3.63) is 16.7 Å². The van der Waals surface area contributed by atoms with E-state index >= 15 is 0 Å². The summed E-state index contributed by atoms with van der Waals surface area (Å²) in [5.74, 6) is 0.299. The second-order valence-corrected chi connectivity index (χ2v) is 7.05. The Labute approximate surface area is 128 Å². The van der Waals surface area contributed by atoms with Gasteiger partial charge in [0.25, 0.3) is 0 Å². The van der Waals surface area contributed by atoms with Gasteiger partial charge in [0.1, 0.15) is 10.7 Å². The van der Waals surface area contributed by atoms with Crippen LogP contribution in [0.3, 0.4) is 0 Å². The first-order chi connectivity index (χ1) is 9.47. The van der Waals surface area contributed by atoms with Gasteiger partial charge < -0.3 is 10.4 Å². The van der Waals surface area contributed by atoms with Gasteiger partial charge in [0, 0.05) is 30.8 Å². The van der Waals surface area contributed by atoms with E-state index in [9.17, 15) is 8.42 Å². The van der Waals surface area contributed by atoms with Crippen molar-refractivity contribution in [3.63, 3.8) is 0 Å². The summed E-state index contributed by atoms with van der Waals surface area (Å²) in [6, 6.07) is 1.52. The number of anilines is 1. The fraction of sp³-hybridized carbons (Fsp3) is 0.583. The van der Waals surface area contributed by atoms with Gasteiger partial charge in [-0.25, -0.2) is 13.4 Å². The topological polar surface area (TPSA) is 82.5 Å². The molecule has 114 valence electrons. The van der Waals surface area contributed by atoms with Gasteiger partial charge in [0.05, 0.1) is 6.61 Å². The third-order valence-electron chi connectivity index (χ3n) is 2.78. The normalized spacial score (nSPS) is 11.8. The lowest BCUT2D eigenvalue weighted by molar-refractivity contribution is 0.252. The van der Waals surface area contributed by atoms with E-state index in [4.69, 9.17) is 5.11 Å². The van der Waals surface area contributed by atoms with E-state index in [1.54, 1.807) is 7.05 Å². The first-order valence-corrected chi connectivity index (χ1v) is 8.65. The lowest BCUT2D eigenvalue weighted by atomic mass is 10.3. The van der Waals surface area contributed by atoms with E-state index in [1.165, 1.54) is 16.6 Å². The van der Waals surface area contributed by atoms with Crippen LogP contribution in [0.2, 0.25) is 0 Å². The van der Waals surface area contributed by atoms with Gasteiger partial charge in [-0.3, -0.25) is 0 Å². The second kappa shape index (κ2) is 7.92. The zero-order valence-electron chi connectivity index (χ0n) is 11.6. The van der Waals surface area contributed by atoms with E-state index in [1.807, 2.05) is 6.92 Å². The average molecular weight is 366 g/mol. The Balaban J connectivity index is 3.21. The summed E-state index contributed by atoms with van der Waals surface area (Å²) in [5, 5.41) is 11.9. The van der Waals surface area contributed by atoms with Crippen molar-refractivity contribution in [1.82, 2.24) is 9.29 Å². The number of rotatable bonds is 8. The van der Waals surface area contributed by atoms with Crippen molar-refractivity contribution in [2.24, 2.45) is 0 Å². The Hall–Kier alpha value is -0.700. The first-order valence-electron chi connectivity index (χ1n) is 6.41. The number of aromatic nitrogens is 1. The maximum absolute atomic E-state index is 12.7. The Bertz CT molecular complexity index is 537. The SMILES string of the molecule is CCCCN(CCO)S(=O)(=O)c1cc(Br)cnc1NC. The Morgan fingerprint density at radius 3 is 2.70 bits per heavy atom. The van der Waals surface area contributed by atoms with Crippen molar-refractivity contribution in [1.29, 1.82) is 0 Å². The average Bonchev–Trinajstić information content (AvgIpc) is 2.43. The van der Waals surface area contributed by atoms with Gasteiger partial charge >= 0.3 is 0 Å². The number of hydrogen-bond acceptors (Lipinski definition) is 5.